The van der Waals surface area contributed by atoms with Gasteiger partial charge < -0.3 is 20.5 Å². The van der Waals surface area contributed by atoms with Gasteiger partial charge in [0.15, 0.2) is 0 Å². The third kappa shape index (κ3) is 5.09. The lowest BCUT2D eigenvalue weighted by Crippen LogP contribution is -2.35. The van der Waals surface area contributed by atoms with Crippen molar-refractivity contribution in [3.8, 4) is 0 Å². The fourth-order valence-electron chi connectivity index (χ4n) is 2.78. The molecule has 1 fully saturated rings. The number of rotatable bonds is 5. The van der Waals surface area contributed by atoms with Crippen LogP contribution >= 0.6 is 0 Å². The zero-order valence-electron chi connectivity index (χ0n) is 16.2. The number of amides is 1. The first kappa shape index (κ1) is 20.5. The van der Waals surface area contributed by atoms with Crippen LogP contribution in [0.5, 0.6) is 0 Å². The van der Waals surface area contributed by atoms with Crippen molar-refractivity contribution in [1.82, 2.24) is 0 Å². The average Bonchev–Trinajstić information content (AvgIpc) is 2.99. The molecule has 0 saturated carbocycles. The van der Waals surface area contributed by atoms with Gasteiger partial charge in [-0.15, -0.1) is 0 Å². The molecule has 2 rings (SSSR count). The first-order valence-corrected chi connectivity index (χ1v) is 8.85. The third-order valence-corrected chi connectivity index (χ3v) is 4.41. The van der Waals surface area contributed by atoms with Crippen molar-refractivity contribution in [2.75, 3.05) is 18.6 Å². The summed E-state index contributed by atoms with van der Waals surface area (Å²) >= 11 is 0. The van der Waals surface area contributed by atoms with Crippen molar-refractivity contribution in [3.05, 3.63) is 41.7 Å². The largest absolute Gasteiger partial charge is 0.512 e. The summed E-state index contributed by atoms with van der Waals surface area (Å²) in [5.74, 6) is -0.118. The van der Waals surface area contributed by atoms with E-state index >= 15 is 0 Å². The fourth-order valence-corrected chi connectivity index (χ4v) is 2.78. The third-order valence-electron chi connectivity index (χ3n) is 4.41. The number of aliphatic imine (C=N–C) groups is 1. The molecule has 7 heteroatoms. The maximum absolute atomic E-state index is 12.4. The molecule has 0 unspecified atom stereocenters. The highest BCUT2D eigenvalue weighted by atomic mass is 16.5. The lowest BCUT2D eigenvalue weighted by atomic mass is 9.93. The fraction of sp³-hybridized carbons (Fsp3) is 0.450. The van der Waals surface area contributed by atoms with E-state index in [2.05, 4.69) is 4.99 Å². The first-order chi connectivity index (χ1) is 12.6. The van der Waals surface area contributed by atoms with Crippen LogP contribution in [0.4, 0.5) is 5.69 Å². The molecule has 0 spiro atoms. The van der Waals surface area contributed by atoms with E-state index in [1.807, 2.05) is 20.8 Å². The van der Waals surface area contributed by atoms with Gasteiger partial charge in [-0.2, -0.15) is 0 Å². The Hall–Kier alpha value is -2.83. The van der Waals surface area contributed by atoms with Gasteiger partial charge in [-0.3, -0.25) is 9.79 Å². The summed E-state index contributed by atoms with van der Waals surface area (Å²) in [5, 5.41) is 10.0. The first-order valence-electron chi connectivity index (χ1n) is 8.85. The molecule has 1 aliphatic heterocycles. The number of methoxy groups -OCH3 is 1. The minimum atomic E-state index is -0.454. The smallest absolute Gasteiger partial charge is 0.337 e. The number of hydrogen-bond acceptors (Lipinski definition) is 5. The quantitative estimate of drug-likeness (QED) is 0.357. The predicted molar refractivity (Wildman–Crippen MR) is 105 cm³/mol. The number of carbonyl (C=O) groups is 2. The van der Waals surface area contributed by atoms with E-state index < -0.39 is 11.4 Å². The minimum Gasteiger partial charge on any atom is -0.512 e. The van der Waals surface area contributed by atoms with Gasteiger partial charge in [0.2, 0.25) is 5.91 Å². The monoisotopic (exact) mass is 373 g/mol. The molecule has 1 amide bonds. The number of allylic oxidation sites excluding steroid dienone is 1. The molecule has 1 saturated heterocycles. The van der Waals surface area contributed by atoms with Gasteiger partial charge in [-0.25, -0.2) is 4.79 Å². The number of aliphatic hydroxyl groups excluding tert-OH is 1. The summed E-state index contributed by atoms with van der Waals surface area (Å²) in [6.07, 6.45) is 2.50. The van der Waals surface area contributed by atoms with Crippen molar-refractivity contribution in [1.29, 1.82) is 0 Å². The Balaban J connectivity index is 2.20. The number of ether oxygens (including phenoxy) is 1. The van der Waals surface area contributed by atoms with Gasteiger partial charge in [0.05, 0.1) is 25.3 Å². The maximum Gasteiger partial charge on any atom is 0.337 e. The van der Waals surface area contributed by atoms with Crippen LogP contribution in [0, 0.1) is 5.41 Å². The van der Waals surface area contributed by atoms with E-state index in [9.17, 15) is 14.7 Å². The molecule has 1 aromatic carbocycles. The van der Waals surface area contributed by atoms with E-state index in [1.165, 1.54) is 13.2 Å². The highest BCUT2D eigenvalue weighted by Gasteiger charge is 2.32. The van der Waals surface area contributed by atoms with Crippen LogP contribution < -0.4 is 10.6 Å². The summed E-state index contributed by atoms with van der Waals surface area (Å²) in [5.41, 5.74) is 6.50. The van der Waals surface area contributed by atoms with Gasteiger partial charge in [-0.05, 0) is 24.6 Å². The van der Waals surface area contributed by atoms with Crippen LogP contribution in [0.3, 0.4) is 0 Å². The molecule has 146 valence electrons. The lowest BCUT2D eigenvalue weighted by molar-refractivity contribution is -0.117. The van der Waals surface area contributed by atoms with Gasteiger partial charge in [0.25, 0.3) is 0 Å². The number of amidine groups is 1. The van der Waals surface area contributed by atoms with Crippen LogP contribution in [-0.4, -0.2) is 42.5 Å². The standard InChI is InChI=1S/C20H27N3O4/c1-20(2,3)16(24)11-17(21)22-12-15-8-9-18(25)23(15)14-7-5-6-13(10-14)19(26)27-4/h5-7,10-11,15,24H,8-9,12H2,1-4H3,(H2,21,22)/b16-11-/t15-/m0/s1. The molecule has 0 aliphatic carbocycles. The van der Waals surface area contributed by atoms with E-state index in [1.54, 1.807) is 29.2 Å². The minimum absolute atomic E-state index is 0.0242. The Morgan fingerprint density at radius 3 is 2.78 bits per heavy atom. The van der Waals surface area contributed by atoms with E-state index in [-0.39, 0.29) is 23.5 Å². The van der Waals surface area contributed by atoms with Crippen molar-refractivity contribution in [2.24, 2.45) is 16.1 Å². The van der Waals surface area contributed by atoms with E-state index in [0.717, 1.165) is 0 Å². The number of esters is 1. The Morgan fingerprint density at radius 2 is 2.15 bits per heavy atom. The zero-order chi connectivity index (χ0) is 20.2. The number of benzene rings is 1. The zero-order valence-corrected chi connectivity index (χ0v) is 16.2. The summed E-state index contributed by atoms with van der Waals surface area (Å²) in [6.45, 7) is 5.93. The molecular weight excluding hydrogens is 346 g/mol. The lowest BCUT2D eigenvalue weighted by Gasteiger charge is -2.24. The molecule has 7 nitrogen and oxygen atoms in total. The van der Waals surface area contributed by atoms with Crippen LogP contribution in [0.2, 0.25) is 0 Å². The van der Waals surface area contributed by atoms with Crippen molar-refractivity contribution >= 4 is 23.4 Å². The second-order valence-corrected chi connectivity index (χ2v) is 7.54. The summed E-state index contributed by atoms with van der Waals surface area (Å²) in [6, 6.07) is 6.61. The molecule has 27 heavy (non-hydrogen) atoms. The molecule has 3 N–H and O–H groups in total. The van der Waals surface area contributed by atoms with Gasteiger partial charge in [0, 0.05) is 23.6 Å². The van der Waals surface area contributed by atoms with Crippen LogP contribution in [0.15, 0.2) is 41.1 Å². The Labute approximate surface area is 159 Å². The molecule has 1 aromatic rings. The van der Waals surface area contributed by atoms with Crippen LogP contribution in [0.25, 0.3) is 0 Å². The maximum atomic E-state index is 12.4. The average molecular weight is 373 g/mol. The van der Waals surface area contributed by atoms with Crippen molar-refractivity contribution in [3.63, 3.8) is 0 Å². The summed E-state index contributed by atoms with van der Waals surface area (Å²) in [7, 11) is 1.32. The molecule has 0 radical (unpaired) electrons. The predicted octanol–water partition coefficient (Wildman–Crippen LogP) is 2.81. The number of nitrogens with zero attached hydrogens (tertiary/aromatic N) is 2. The normalized spacial score (nSPS) is 18.7. The highest BCUT2D eigenvalue weighted by Crippen LogP contribution is 2.28. The second kappa shape index (κ2) is 8.24. The van der Waals surface area contributed by atoms with Gasteiger partial charge in [-0.1, -0.05) is 26.8 Å². The van der Waals surface area contributed by atoms with Crippen molar-refractivity contribution in [2.45, 2.75) is 39.7 Å². The number of nitrogens with two attached hydrogens (primary N) is 1. The van der Waals surface area contributed by atoms with E-state index in [4.69, 9.17) is 10.5 Å². The van der Waals surface area contributed by atoms with E-state index in [0.29, 0.717) is 30.6 Å². The summed E-state index contributed by atoms with van der Waals surface area (Å²) in [4.78, 5) is 30.1. The summed E-state index contributed by atoms with van der Waals surface area (Å²) < 4.78 is 4.74. The molecule has 1 heterocycles. The number of anilines is 1. The SMILES string of the molecule is COC(=O)c1cccc(N2C(=O)CC[C@H]2CN=C(N)/C=C(\O)C(C)(C)C)c1. The second-order valence-electron chi connectivity index (χ2n) is 7.54. The molecule has 1 aliphatic rings. The Morgan fingerprint density at radius 1 is 1.44 bits per heavy atom. The number of aliphatic hydroxyl groups is 1. The molecule has 0 bridgehead atoms. The number of hydrogen-bond donors (Lipinski definition) is 2. The Bertz CT molecular complexity index is 778. The molecule has 0 aromatic heterocycles. The van der Waals surface area contributed by atoms with Crippen molar-refractivity contribution < 1.29 is 19.4 Å². The Kier molecular flexibility index (Phi) is 6.25. The van der Waals surface area contributed by atoms with Gasteiger partial charge >= 0.3 is 5.97 Å². The highest BCUT2D eigenvalue weighted by molar-refractivity contribution is 5.98. The number of carbonyl (C=O) groups excluding carboxylic acids is 2. The van der Waals surface area contributed by atoms with Gasteiger partial charge in [0.1, 0.15) is 11.6 Å². The van der Waals surface area contributed by atoms with Crippen LogP contribution in [-0.2, 0) is 9.53 Å². The molecular formula is C20H27N3O4. The molecule has 1 atom stereocenters. The van der Waals surface area contributed by atoms with Crippen LogP contribution in [0.1, 0.15) is 44.0 Å². The topological polar surface area (TPSA) is 105 Å².